The number of epoxide rings is 1. The van der Waals surface area contributed by atoms with Gasteiger partial charge >= 0.3 is 301 Å². The van der Waals surface area contributed by atoms with E-state index in [4.69, 9.17) is 8.50 Å². The van der Waals surface area contributed by atoms with E-state index in [0.717, 1.165) is 5.56 Å². The maximum atomic E-state index is 8.52. The van der Waals surface area contributed by atoms with Crippen LogP contribution in [-0.2, 0) is 24.1 Å². The Morgan fingerprint density at radius 3 is 1.28 bits per heavy atom. The molecule has 0 radical (unpaired) electrons. The van der Waals surface area contributed by atoms with Gasteiger partial charge in [0.15, 0.2) is 0 Å². The van der Waals surface area contributed by atoms with Crippen LogP contribution in [0.3, 0.4) is 0 Å². The van der Waals surface area contributed by atoms with Crippen molar-refractivity contribution in [2.75, 3.05) is 0 Å². The molecule has 1 aliphatic carbocycles. The Hall–Kier alpha value is -4.22. The van der Waals surface area contributed by atoms with E-state index in [-0.39, 0.29) is 0 Å². The Balaban J connectivity index is 1.59. The number of benzene rings is 6. The summed E-state index contributed by atoms with van der Waals surface area (Å²) in [5.41, 5.74) is 16.9. The summed E-state index contributed by atoms with van der Waals surface area (Å²) in [5, 5.41) is 0. The van der Waals surface area contributed by atoms with Gasteiger partial charge in [-0.2, -0.15) is 0 Å². The van der Waals surface area contributed by atoms with E-state index in [0.29, 0.717) is 0 Å². The van der Waals surface area contributed by atoms with E-state index in [1.54, 1.807) is 0 Å². The molecule has 2 saturated heterocycles. The summed E-state index contributed by atoms with van der Waals surface area (Å²) in [4.78, 5) is 0. The summed E-state index contributed by atoms with van der Waals surface area (Å²) in [5.74, 6) is -1.01. The van der Waals surface area contributed by atoms with Crippen LogP contribution in [0, 0.1) is 55.4 Å². The summed E-state index contributed by atoms with van der Waals surface area (Å²) < 4.78 is 18.4. The summed E-state index contributed by atoms with van der Waals surface area (Å²) >= 11 is -4.38. The molecule has 2 atom stereocenters. The molecule has 248 valence electrons. The minimum absolute atomic E-state index is 0.643. The van der Waals surface area contributed by atoms with E-state index in [2.05, 4.69) is 177 Å². The molecule has 2 fully saturated rings. The van der Waals surface area contributed by atoms with Gasteiger partial charge in [0, 0.05) is 0 Å². The zero-order chi connectivity index (χ0) is 34.8. The predicted molar refractivity (Wildman–Crippen MR) is 207 cm³/mol. The monoisotopic (exact) mass is 714 g/mol. The van der Waals surface area contributed by atoms with Gasteiger partial charge in [-0.3, -0.25) is 0 Å². The third-order valence-corrected chi connectivity index (χ3v) is 23.6. The van der Waals surface area contributed by atoms with Crippen LogP contribution >= 0.6 is 0 Å². The molecule has 3 heteroatoms. The van der Waals surface area contributed by atoms with Crippen molar-refractivity contribution >= 4 is 22.4 Å². The molecule has 6 aromatic rings. The quantitative estimate of drug-likeness (QED) is 0.134. The van der Waals surface area contributed by atoms with Crippen molar-refractivity contribution in [2.45, 2.75) is 71.0 Å². The van der Waals surface area contributed by atoms with Crippen LogP contribution in [0.4, 0.5) is 0 Å². The van der Waals surface area contributed by atoms with Crippen LogP contribution in [0.15, 0.2) is 121 Å². The molecule has 0 amide bonds. The predicted octanol–water partition coefficient (Wildman–Crippen LogP) is 9.53. The fraction of sp³-hybridized carbons (Fsp3) is 0.234. The van der Waals surface area contributed by atoms with Gasteiger partial charge in [-0.1, -0.05) is 0 Å². The molecule has 1 spiro atoms. The second kappa shape index (κ2) is 10.6. The van der Waals surface area contributed by atoms with Gasteiger partial charge in [0.1, 0.15) is 0 Å². The van der Waals surface area contributed by atoms with Gasteiger partial charge in [0.25, 0.3) is 0 Å². The SMILES string of the molecule is Cc1ccc(C23OC2(c2ccc(C)cc2)[C]2(c4ccccc4-c4ccccc42)[Ge]([c]2c(C)cc(C)cc2C)([c]2c(C)cc(C)cc2C)[O]3)cc1. The van der Waals surface area contributed by atoms with Crippen LogP contribution in [0.5, 0.6) is 0 Å². The number of rotatable bonds is 4. The number of ether oxygens (including phenoxy) is 1. The van der Waals surface area contributed by atoms with Crippen molar-refractivity contribution in [3.63, 3.8) is 0 Å². The standard InChI is InChI=1S/C47H44GeO2/c1-29-17-21-37(22-18-29)46-45(41-15-11-9-13-39(41)40-14-10-12-16-42(40)45)48(43-33(5)25-31(3)26-34(43)6,44-35(7)27-32(4)28-36(44)8)50-47(46,49-46)38-23-19-30(2)20-24-38/h9-28H,1-8H3. The molecule has 0 saturated carbocycles. The van der Waals surface area contributed by atoms with Gasteiger partial charge in [-0.25, -0.2) is 0 Å². The Morgan fingerprint density at radius 2 is 0.840 bits per heavy atom. The Morgan fingerprint density at radius 1 is 0.440 bits per heavy atom. The second-order valence-corrected chi connectivity index (χ2v) is 22.3. The molecular formula is C47H44GeO2. The molecule has 9 rings (SSSR count). The summed E-state index contributed by atoms with van der Waals surface area (Å²) in [6, 6.07) is 46.0. The molecule has 2 unspecified atom stereocenters. The molecule has 6 aromatic carbocycles. The van der Waals surface area contributed by atoms with E-state index >= 15 is 0 Å². The van der Waals surface area contributed by atoms with Crippen LogP contribution in [0.25, 0.3) is 11.1 Å². The first-order chi connectivity index (χ1) is 24.0. The van der Waals surface area contributed by atoms with Crippen LogP contribution < -0.4 is 8.79 Å². The molecular weight excluding hydrogens is 669 g/mol. The normalized spacial score (nSPS) is 21.9. The van der Waals surface area contributed by atoms with Crippen LogP contribution in [0.2, 0.25) is 0 Å². The summed E-state index contributed by atoms with van der Waals surface area (Å²) in [6.45, 7) is 18.1. The first kappa shape index (κ1) is 31.7. The molecule has 2 aliphatic heterocycles. The van der Waals surface area contributed by atoms with E-state index in [1.807, 2.05) is 0 Å². The Bertz CT molecular complexity index is 2220. The molecule has 0 bridgehead atoms. The van der Waals surface area contributed by atoms with Gasteiger partial charge in [-0.05, 0) is 0 Å². The average molecular weight is 713 g/mol. The van der Waals surface area contributed by atoms with Gasteiger partial charge in [-0.15, -0.1) is 0 Å². The number of hydrogen-bond acceptors (Lipinski definition) is 2. The zero-order valence-corrected chi connectivity index (χ0v) is 32.5. The minimum atomic E-state index is -4.38. The van der Waals surface area contributed by atoms with Crippen molar-refractivity contribution in [3.05, 3.63) is 188 Å². The van der Waals surface area contributed by atoms with E-state index < -0.39 is 29.2 Å². The summed E-state index contributed by atoms with van der Waals surface area (Å²) in [6.07, 6.45) is 0. The Kier molecular flexibility index (Phi) is 6.76. The van der Waals surface area contributed by atoms with E-state index in [1.165, 1.54) is 81.1 Å². The van der Waals surface area contributed by atoms with Crippen molar-refractivity contribution in [2.24, 2.45) is 0 Å². The fourth-order valence-corrected chi connectivity index (χ4v) is 24.5. The van der Waals surface area contributed by atoms with Crippen molar-refractivity contribution in [3.8, 4) is 11.1 Å². The first-order valence-corrected chi connectivity index (χ1v) is 21.9. The molecule has 50 heavy (non-hydrogen) atoms. The van der Waals surface area contributed by atoms with Crippen molar-refractivity contribution in [1.29, 1.82) is 0 Å². The molecule has 0 N–H and O–H groups in total. The molecule has 3 aliphatic rings. The van der Waals surface area contributed by atoms with Crippen molar-refractivity contribution in [1.82, 2.24) is 0 Å². The van der Waals surface area contributed by atoms with E-state index in [9.17, 15) is 0 Å². The van der Waals surface area contributed by atoms with Crippen molar-refractivity contribution < 1.29 is 8.50 Å². The van der Waals surface area contributed by atoms with Gasteiger partial charge in [0.2, 0.25) is 0 Å². The topological polar surface area (TPSA) is 21.8 Å². The number of hydrogen-bond donors (Lipinski definition) is 0. The summed E-state index contributed by atoms with van der Waals surface area (Å²) in [7, 11) is 0. The maximum absolute atomic E-state index is 8.52. The molecule has 2 heterocycles. The molecule has 0 aromatic heterocycles. The Labute approximate surface area is 299 Å². The number of fused-ring (bicyclic) bond motifs is 7. The van der Waals surface area contributed by atoms with Crippen LogP contribution in [0.1, 0.15) is 66.8 Å². The third kappa shape index (κ3) is 3.72. The number of aryl methyl sites for hydroxylation is 8. The zero-order valence-electron chi connectivity index (χ0n) is 30.4. The third-order valence-electron chi connectivity index (χ3n) is 12.0. The average Bonchev–Trinajstić information content (AvgIpc) is 3.56. The molecule has 2 nitrogen and oxygen atoms in total. The van der Waals surface area contributed by atoms with Crippen LogP contribution in [-0.4, -0.2) is 13.6 Å². The van der Waals surface area contributed by atoms with Gasteiger partial charge < -0.3 is 0 Å². The fourth-order valence-electron chi connectivity index (χ4n) is 10.6. The van der Waals surface area contributed by atoms with Gasteiger partial charge in [0.05, 0.1) is 0 Å². The second-order valence-electron chi connectivity index (χ2n) is 15.3. The first-order valence-electron chi connectivity index (χ1n) is 17.9.